The average molecular weight is 180 g/mol. The highest BCUT2D eigenvalue weighted by Gasteiger charge is 2.13. The van der Waals surface area contributed by atoms with E-state index in [2.05, 4.69) is 23.2 Å². The summed E-state index contributed by atoms with van der Waals surface area (Å²) in [5, 5.41) is 3.50. The summed E-state index contributed by atoms with van der Waals surface area (Å²) in [4.78, 5) is 2.32. The number of nitrogens with one attached hydrogen (secondary N) is 1. The van der Waals surface area contributed by atoms with Crippen molar-refractivity contribution < 1.29 is 0 Å². The predicted molar refractivity (Wildman–Crippen MR) is 56.6 cm³/mol. The lowest BCUT2D eigenvalue weighted by Crippen LogP contribution is -2.28. The molecule has 1 unspecified atom stereocenters. The molecule has 1 heterocycles. The first kappa shape index (κ1) is 10.6. The summed E-state index contributed by atoms with van der Waals surface area (Å²) in [7, 11) is 2.15. The van der Waals surface area contributed by atoms with Crippen molar-refractivity contribution in [3.63, 3.8) is 0 Å². The smallest absolute Gasteiger partial charge is 0.0214 e. The topological polar surface area (TPSA) is 15.3 Å². The second-order valence-electron chi connectivity index (χ2n) is 3.84. The molecule has 2 nitrogen and oxygen atoms in total. The van der Waals surface area contributed by atoms with Crippen LogP contribution in [0.15, 0.2) is 0 Å². The Bertz CT molecular complexity index is 165. The van der Waals surface area contributed by atoms with E-state index < -0.39 is 0 Å². The number of terminal acetylenes is 1. The summed E-state index contributed by atoms with van der Waals surface area (Å²) in [6, 6.07) is 0.758. The van der Waals surface area contributed by atoms with E-state index in [1.807, 2.05) is 0 Å². The Labute approximate surface area is 81.7 Å². The molecule has 0 radical (unpaired) electrons. The molecule has 1 atom stereocenters. The number of hydrogen-bond donors (Lipinski definition) is 1. The van der Waals surface area contributed by atoms with Gasteiger partial charge in [-0.3, -0.25) is 0 Å². The minimum absolute atomic E-state index is 0.758. The first-order valence-electron chi connectivity index (χ1n) is 5.18. The van der Waals surface area contributed by atoms with E-state index >= 15 is 0 Å². The highest BCUT2D eigenvalue weighted by molar-refractivity contribution is 4.84. The van der Waals surface area contributed by atoms with Gasteiger partial charge in [-0.1, -0.05) is 0 Å². The first-order valence-corrected chi connectivity index (χ1v) is 5.18. The molecule has 2 heteroatoms. The van der Waals surface area contributed by atoms with Gasteiger partial charge in [0, 0.05) is 19.0 Å². The molecule has 0 aromatic carbocycles. The van der Waals surface area contributed by atoms with Crippen LogP contribution in [0.2, 0.25) is 0 Å². The molecule has 1 aliphatic rings. The van der Waals surface area contributed by atoms with Crippen LogP contribution in [0.25, 0.3) is 0 Å². The van der Waals surface area contributed by atoms with Crippen LogP contribution in [-0.4, -0.2) is 37.6 Å². The van der Waals surface area contributed by atoms with Crippen molar-refractivity contribution in [3.05, 3.63) is 0 Å². The van der Waals surface area contributed by atoms with Crippen LogP contribution in [0, 0.1) is 12.3 Å². The minimum Gasteiger partial charge on any atom is -0.314 e. The molecule has 0 aliphatic carbocycles. The molecular formula is C11H20N2. The monoisotopic (exact) mass is 180 g/mol. The van der Waals surface area contributed by atoms with Crippen LogP contribution >= 0.6 is 0 Å². The predicted octanol–water partition coefficient (Wildman–Crippen LogP) is 1.08. The molecule has 0 aromatic heterocycles. The molecule has 1 fully saturated rings. The highest BCUT2D eigenvalue weighted by Crippen LogP contribution is 2.08. The normalized spacial score (nSPS) is 22.1. The van der Waals surface area contributed by atoms with E-state index in [9.17, 15) is 0 Å². The van der Waals surface area contributed by atoms with Crippen molar-refractivity contribution in [3.8, 4) is 12.3 Å². The first-order chi connectivity index (χ1) is 6.33. The maximum atomic E-state index is 5.21. The van der Waals surface area contributed by atoms with Gasteiger partial charge in [0.05, 0.1) is 0 Å². The van der Waals surface area contributed by atoms with Crippen molar-refractivity contribution in [2.45, 2.75) is 31.7 Å². The lowest BCUT2D eigenvalue weighted by atomic mass is 10.1. The number of hydrogen-bond acceptors (Lipinski definition) is 2. The van der Waals surface area contributed by atoms with Gasteiger partial charge in [-0.25, -0.2) is 0 Å². The maximum absolute atomic E-state index is 5.21. The van der Waals surface area contributed by atoms with Crippen molar-refractivity contribution in [1.82, 2.24) is 10.2 Å². The molecular weight excluding hydrogens is 160 g/mol. The summed E-state index contributed by atoms with van der Waals surface area (Å²) in [6.07, 6.45) is 10.0. The van der Waals surface area contributed by atoms with Gasteiger partial charge in [0.2, 0.25) is 0 Å². The van der Waals surface area contributed by atoms with Crippen molar-refractivity contribution in [2.75, 3.05) is 26.7 Å². The molecule has 1 rings (SSSR count). The molecule has 0 spiro atoms. The van der Waals surface area contributed by atoms with Gasteiger partial charge in [0.1, 0.15) is 0 Å². The molecule has 1 aliphatic heterocycles. The van der Waals surface area contributed by atoms with Crippen LogP contribution in [0.4, 0.5) is 0 Å². The SMILES string of the molecule is C#CCCN(C)CCC1CCCN1. The lowest BCUT2D eigenvalue weighted by Gasteiger charge is -2.17. The van der Waals surface area contributed by atoms with Crippen LogP contribution in [0.5, 0.6) is 0 Å². The Hall–Kier alpha value is -0.520. The fraction of sp³-hybridized carbons (Fsp3) is 0.818. The second kappa shape index (κ2) is 6.01. The molecule has 0 amide bonds. The Morgan fingerprint density at radius 2 is 2.38 bits per heavy atom. The zero-order valence-corrected chi connectivity index (χ0v) is 8.55. The zero-order chi connectivity index (χ0) is 9.52. The van der Waals surface area contributed by atoms with Gasteiger partial charge in [-0.15, -0.1) is 12.3 Å². The lowest BCUT2D eigenvalue weighted by molar-refractivity contribution is 0.319. The molecule has 1 N–H and O–H groups in total. The van der Waals surface area contributed by atoms with Gasteiger partial charge < -0.3 is 10.2 Å². The summed E-state index contributed by atoms with van der Waals surface area (Å²) in [5.74, 6) is 2.67. The van der Waals surface area contributed by atoms with E-state index in [1.165, 1.54) is 32.4 Å². The molecule has 0 saturated carbocycles. The quantitative estimate of drug-likeness (QED) is 0.637. The Kier molecular flexibility index (Phi) is 4.88. The summed E-state index contributed by atoms with van der Waals surface area (Å²) in [5.41, 5.74) is 0. The van der Waals surface area contributed by atoms with Crippen molar-refractivity contribution in [1.29, 1.82) is 0 Å². The van der Waals surface area contributed by atoms with Gasteiger partial charge in [0.25, 0.3) is 0 Å². The standard InChI is InChI=1S/C11H20N2/c1-3-4-9-13(2)10-7-11-6-5-8-12-11/h1,11-12H,4-10H2,2H3. The Morgan fingerprint density at radius 1 is 1.54 bits per heavy atom. The minimum atomic E-state index is 0.758. The average Bonchev–Trinajstić information content (AvgIpc) is 2.64. The van der Waals surface area contributed by atoms with Crippen LogP contribution in [0.1, 0.15) is 25.7 Å². The Balaban J connectivity index is 2.00. The third kappa shape index (κ3) is 4.31. The number of rotatable bonds is 5. The fourth-order valence-electron chi connectivity index (χ4n) is 1.75. The zero-order valence-electron chi connectivity index (χ0n) is 8.55. The molecule has 0 aromatic rings. The third-order valence-corrected chi connectivity index (χ3v) is 2.66. The second-order valence-corrected chi connectivity index (χ2v) is 3.84. The van der Waals surface area contributed by atoms with E-state index in [1.54, 1.807) is 0 Å². The molecule has 0 bridgehead atoms. The van der Waals surface area contributed by atoms with E-state index in [0.29, 0.717) is 0 Å². The van der Waals surface area contributed by atoms with Crippen molar-refractivity contribution in [2.24, 2.45) is 0 Å². The van der Waals surface area contributed by atoms with Crippen LogP contribution in [0.3, 0.4) is 0 Å². The fourth-order valence-corrected chi connectivity index (χ4v) is 1.75. The van der Waals surface area contributed by atoms with Crippen LogP contribution in [-0.2, 0) is 0 Å². The summed E-state index contributed by atoms with van der Waals surface area (Å²) in [6.45, 7) is 3.40. The van der Waals surface area contributed by atoms with Gasteiger partial charge in [0.15, 0.2) is 0 Å². The van der Waals surface area contributed by atoms with E-state index in [0.717, 1.165) is 19.0 Å². The van der Waals surface area contributed by atoms with Crippen LogP contribution < -0.4 is 5.32 Å². The van der Waals surface area contributed by atoms with Gasteiger partial charge in [-0.05, 0) is 39.4 Å². The summed E-state index contributed by atoms with van der Waals surface area (Å²) >= 11 is 0. The van der Waals surface area contributed by atoms with Crippen molar-refractivity contribution >= 4 is 0 Å². The molecule has 1 saturated heterocycles. The third-order valence-electron chi connectivity index (χ3n) is 2.66. The molecule has 74 valence electrons. The van der Waals surface area contributed by atoms with E-state index in [4.69, 9.17) is 6.42 Å². The maximum Gasteiger partial charge on any atom is 0.0214 e. The largest absolute Gasteiger partial charge is 0.314 e. The molecule has 13 heavy (non-hydrogen) atoms. The number of nitrogens with zero attached hydrogens (tertiary/aromatic N) is 1. The summed E-state index contributed by atoms with van der Waals surface area (Å²) < 4.78 is 0. The highest BCUT2D eigenvalue weighted by atomic mass is 15.1. The Morgan fingerprint density at radius 3 is 3.00 bits per heavy atom. The van der Waals surface area contributed by atoms with Gasteiger partial charge in [-0.2, -0.15) is 0 Å². The van der Waals surface area contributed by atoms with E-state index in [-0.39, 0.29) is 0 Å². The van der Waals surface area contributed by atoms with Gasteiger partial charge >= 0.3 is 0 Å².